The third kappa shape index (κ3) is 4.19. The summed E-state index contributed by atoms with van der Waals surface area (Å²) in [4.78, 5) is 8.66. The number of guanidine groups is 1. The van der Waals surface area contributed by atoms with Crippen molar-refractivity contribution in [2.45, 2.75) is 18.3 Å². The Morgan fingerprint density at radius 3 is 2.73 bits per heavy atom. The standard InChI is InChI=1S/C16H17BrN4.HI/c17-13-5-3-4-12(10-13)16(7-8-16)11-20-15(18)21-14-6-1-2-9-19-14;/h1-6,9-10H,7-8,11H2,(H3,18,19,20,21);1H. The fourth-order valence-corrected chi connectivity index (χ4v) is 2.75. The molecule has 0 amide bonds. The van der Waals surface area contributed by atoms with Gasteiger partial charge in [-0.2, -0.15) is 0 Å². The van der Waals surface area contributed by atoms with Crippen molar-refractivity contribution in [3.05, 3.63) is 58.7 Å². The molecule has 4 nitrogen and oxygen atoms in total. The lowest BCUT2D eigenvalue weighted by Gasteiger charge is -2.14. The van der Waals surface area contributed by atoms with E-state index in [9.17, 15) is 0 Å². The SMILES string of the molecule is I.NC(=NCC1(c2cccc(Br)c2)CC1)Nc1ccccn1. The number of hydrogen-bond acceptors (Lipinski definition) is 2. The highest BCUT2D eigenvalue weighted by molar-refractivity contribution is 14.0. The highest BCUT2D eigenvalue weighted by atomic mass is 127. The summed E-state index contributed by atoms with van der Waals surface area (Å²) >= 11 is 3.53. The van der Waals surface area contributed by atoms with E-state index in [0.717, 1.165) is 17.3 Å². The van der Waals surface area contributed by atoms with Crippen LogP contribution in [0.25, 0.3) is 0 Å². The third-order valence-corrected chi connectivity index (χ3v) is 4.26. The predicted molar refractivity (Wildman–Crippen MR) is 105 cm³/mol. The first-order valence-corrected chi connectivity index (χ1v) is 7.71. The molecule has 1 aliphatic rings. The van der Waals surface area contributed by atoms with Crippen molar-refractivity contribution in [2.24, 2.45) is 10.7 Å². The van der Waals surface area contributed by atoms with E-state index in [-0.39, 0.29) is 29.4 Å². The van der Waals surface area contributed by atoms with Gasteiger partial charge in [-0.15, -0.1) is 24.0 Å². The van der Waals surface area contributed by atoms with Crippen LogP contribution in [0.4, 0.5) is 5.82 Å². The Labute approximate surface area is 155 Å². The van der Waals surface area contributed by atoms with Gasteiger partial charge in [0.1, 0.15) is 5.82 Å². The molecule has 0 spiro atoms. The lowest BCUT2D eigenvalue weighted by Crippen LogP contribution is -2.25. The van der Waals surface area contributed by atoms with Gasteiger partial charge in [-0.1, -0.05) is 34.1 Å². The van der Waals surface area contributed by atoms with Gasteiger partial charge in [0.25, 0.3) is 0 Å². The summed E-state index contributed by atoms with van der Waals surface area (Å²) in [5.41, 5.74) is 7.42. The van der Waals surface area contributed by atoms with Crippen LogP contribution in [0.2, 0.25) is 0 Å². The molecule has 3 N–H and O–H groups in total. The largest absolute Gasteiger partial charge is 0.370 e. The minimum Gasteiger partial charge on any atom is -0.370 e. The number of aromatic nitrogens is 1. The predicted octanol–water partition coefficient (Wildman–Crippen LogP) is 3.92. The van der Waals surface area contributed by atoms with Crippen LogP contribution in [0.15, 0.2) is 58.1 Å². The topological polar surface area (TPSA) is 63.3 Å². The van der Waals surface area contributed by atoms with E-state index in [1.54, 1.807) is 6.20 Å². The van der Waals surface area contributed by atoms with Crippen LogP contribution in [-0.2, 0) is 5.41 Å². The number of aliphatic imine (C=N–C) groups is 1. The van der Waals surface area contributed by atoms with Crippen molar-refractivity contribution in [2.75, 3.05) is 11.9 Å². The van der Waals surface area contributed by atoms with Gasteiger partial charge in [0.15, 0.2) is 5.96 Å². The molecule has 2 aromatic rings. The lowest BCUT2D eigenvalue weighted by molar-refractivity contribution is 0.705. The van der Waals surface area contributed by atoms with Crippen molar-refractivity contribution >= 4 is 51.7 Å². The maximum absolute atomic E-state index is 5.94. The molecule has 3 rings (SSSR count). The van der Waals surface area contributed by atoms with Crippen molar-refractivity contribution in [1.29, 1.82) is 0 Å². The van der Waals surface area contributed by atoms with Crippen LogP contribution >= 0.6 is 39.9 Å². The van der Waals surface area contributed by atoms with Gasteiger partial charge in [0, 0.05) is 16.1 Å². The van der Waals surface area contributed by atoms with E-state index in [2.05, 4.69) is 49.4 Å². The smallest absolute Gasteiger partial charge is 0.194 e. The molecule has 6 heteroatoms. The molecule has 0 atom stereocenters. The van der Waals surface area contributed by atoms with E-state index in [4.69, 9.17) is 5.73 Å². The maximum atomic E-state index is 5.94. The van der Waals surface area contributed by atoms with E-state index in [1.165, 1.54) is 5.56 Å². The molecule has 1 heterocycles. The molecule has 1 aromatic carbocycles. The van der Waals surface area contributed by atoms with Crippen LogP contribution < -0.4 is 11.1 Å². The van der Waals surface area contributed by atoms with Gasteiger partial charge in [0.2, 0.25) is 0 Å². The molecule has 1 saturated carbocycles. The van der Waals surface area contributed by atoms with E-state index < -0.39 is 0 Å². The van der Waals surface area contributed by atoms with Gasteiger partial charge in [-0.3, -0.25) is 4.99 Å². The summed E-state index contributed by atoms with van der Waals surface area (Å²) in [6.45, 7) is 0.703. The average Bonchev–Trinajstić information content (AvgIpc) is 3.28. The lowest BCUT2D eigenvalue weighted by atomic mass is 9.96. The normalized spacial score (nSPS) is 15.8. The average molecular weight is 473 g/mol. The Hall–Kier alpha value is -1.15. The van der Waals surface area contributed by atoms with Crippen molar-refractivity contribution in [3.63, 3.8) is 0 Å². The summed E-state index contributed by atoms with van der Waals surface area (Å²) in [5.74, 6) is 1.13. The van der Waals surface area contributed by atoms with Crippen molar-refractivity contribution < 1.29 is 0 Å². The quantitative estimate of drug-likeness (QED) is 0.402. The van der Waals surface area contributed by atoms with Crippen LogP contribution in [0.5, 0.6) is 0 Å². The molecule has 1 aliphatic carbocycles. The Kier molecular flexibility index (Phi) is 5.80. The molecule has 0 bridgehead atoms. The molecule has 0 aliphatic heterocycles. The molecular weight excluding hydrogens is 455 g/mol. The number of hydrogen-bond donors (Lipinski definition) is 2. The van der Waals surface area contributed by atoms with Gasteiger partial charge < -0.3 is 11.1 Å². The van der Waals surface area contributed by atoms with Gasteiger partial charge in [0.05, 0.1) is 6.54 Å². The number of halogens is 2. The zero-order valence-corrected chi connectivity index (χ0v) is 15.9. The molecule has 0 saturated heterocycles. The Balaban J connectivity index is 0.00000176. The fourth-order valence-electron chi connectivity index (χ4n) is 2.35. The Morgan fingerprint density at radius 2 is 2.09 bits per heavy atom. The Morgan fingerprint density at radius 1 is 1.27 bits per heavy atom. The molecule has 116 valence electrons. The summed E-state index contributed by atoms with van der Waals surface area (Å²) in [5, 5.41) is 3.01. The zero-order chi connectivity index (χ0) is 14.7. The first-order chi connectivity index (χ1) is 10.2. The molecule has 22 heavy (non-hydrogen) atoms. The minimum absolute atomic E-state index is 0. The summed E-state index contributed by atoms with van der Waals surface area (Å²) in [7, 11) is 0. The summed E-state index contributed by atoms with van der Waals surface area (Å²) in [6.07, 6.45) is 4.03. The van der Waals surface area contributed by atoms with Crippen LogP contribution in [0, 0.1) is 0 Å². The number of benzene rings is 1. The van der Waals surface area contributed by atoms with Gasteiger partial charge >= 0.3 is 0 Å². The van der Waals surface area contributed by atoms with Gasteiger partial charge in [-0.25, -0.2) is 4.98 Å². The number of rotatable bonds is 4. The number of pyridine rings is 1. The van der Waals surface area contributed by atoms with E-state index >= 15 is 0 Å². The fraction of sp³-hybridized carbons (Fsp3) is 0.250. The third-order valence-electron chi connectivity index (χ3n) is 3.76. The molecule has 0 radical (unpaired) electrons. The van der Waals surface area contributed by atoms with Crippen molar-refractivity contribution in [1.82, 2.24) is 4.98 Å². The highest BCUT2D eigenvalue weighted by Gasteiger charge is 2.44. The highest BCUT2D eigenvalue weighted by Crippen LogP contribution is 2.48. The summed E-state index contributed by atoms with van der Waals surface area (Å²) < 4.78 is 1.11. The number of nitrogens with one attached hydrogen (secondary N) is 1. The molecule has 1 fully saturated rings. The monoisotopic (exact) mass is 472 g/mol. The van der Waals surface area contributed by atoms with E-state index in [1.807, 2.05) is 24.3 Å². The minimum atomic E-state index is 0. The van der Waals surface area contributed by atoms with Gasteiger partial charge in [-0.05, 0) is 42.7 Å². The van der Waals surface area contributed by atoms with Crippen molar-refractivity contribution in [3.8, 4) is 0 Å². The molecule has 0 unspecified atom stereocenters. The molecule has 1 aromatic heterocycles. The first kappa shape index (κ1) is 17.2. The van der Waals surface area contributed by atoms with E-state index in [0.29, 0.717) is 18.3 Å². The first-order valence-electron chi connectivity index (χ1n) is 6.92. The number of nitrogens with zero attached hydrogens (tertiary/aromatic N) is 2. The number of nitrogens with two attached hydrogens (primary N) is 1. The zero-order valence-electron chi connectivity index (χ0n) is 12.0. The second kappa shape index (κ2) is 7.41. The van der Waals surface area contributed by atoms with Crippen LogP contribution in [0.1, 0.15) is 18.4 Å². The Bertz CT molecular complexity index is 656. The number of anilines is 1. The van der Waals surface area contributed by atoms with Crippen LogP contribution in [-0.4, -0.2) is 17.5 Å². The van der Waals surface area contributed by atoms with Crippen LogP contribution in [0.3, 0.4) is 0 Å². The maximum Gasteiger partial charge on any atom is 0.194 e. The summed E-state index contributed by atoms with van der Waals surface area (Å²) in [6, 6.07) is 14.1. The molecular formula is C16H18BrIN4. The second-order valence-electron chi connectivity index (χ2n) is 5.33. The second-order valence-corrected chi connectivity index (χ2v) is 6.25.